The summed E-state index contributed by atoms with van der Waals surface area (Å²) in [5.74, 6) is 0.477. The van der Waals surface area contributed by atoms with Crippen LogP contribution < -0.4 is 5.73 Å². The van der Waals surface area contributed by atoms with E-state index in [9.17, 15) is 0 Å². The standard InChI is InChI=1S/C19H19N/c1-13(2)15-11-18-16(14-7-4-3-5-8-14)9-6-10-17(18)19(20)12-15/h3-13H,20H2,1-2H3. The van der Waals surface area contributed by atoms with Crippen LogP contribution in [0.2, 0.25) is 0 Å². The molecule has 0 spiro atoms. The third kappa shape index (κ3) is 2.16. The second kappa shape index (κ2) is 5.01. The fraction of sp³-hybridized carbons (Fsp3) is 0.158. The van der Waals surface area contributed by atoms with Crippen LogP contribution in [0.1, 0.15) is 25.3 Å². The highest BCUT2D eigenvalue weighted by molar-refractivity contribution is 6.02. The Morgan fingerprint density at radius 1 is 0.800 bits per heavy atom. The predicted octanol–water partition coefficient (Wildman–Crippen LogP) is 5.21. The highest BCUT2D eigenvalue weighted by Gasteiger charge is 2.09. The van der Waals surface area contributed by atoms with Gasteiger partial charge in [-0.15, -0.1) is 0 Å². The van der Waals surface area contributed by atoms with Gasteiger partial charge in [-0.3, -0.25) is 0 Å². The van der Waals surface area contributed by atoms with Crippen molar-refractivity contribution in [3.05, 3.63) is 66.2 Å². The van der Waals surface area contributed by atoms with Crippen molar-refractivity contribution >= 4 is 16.5 Å². The van der Waals surface area contributed by atoms with E-state index in [0.717, 1.165) is 11.1 Å². The maximum atomic E-state index is 6.24. The van der Waals surface area contributed by atoms with Crippen molar-refractivity contribution in [2.24, 2.45) is 0 Å². The summed E-state index contributed by atoms with van der Waals surface area (Å²) < 4.78 is 0. The van der Waals surface area contributed by atoms with E-state index < -0.39 is 0 Å². The number of nitrogen functional groups attached to an aromatic ring is 1. The molecule has 0 aliphatic carbocycles. The van der Waals surface area contributed by atoms with Crippen LogP contribution >= 0.6 is 0 Å². The molecule has 3 aromatic rings. The molecule has 0 saturated heterocycles. The van der Waals surface area contributed by atoms with Crippen LogP contribution in [-0.2, 0) is 0 Å². The molecule has 100 valence electrons. The molecule has 0 amide bonds. The van der Waals surface area contributed by atoms with Crippen LogP contribution in [0.4, 0.5) is 5.69 Å². The van der Waals surface area contributed by atoms with Gasteiger partial charge in [0.2, 0.25) is 0 Å². The fourth-order valence-corrected chi connectivity index (χ4v) is 2.64. The van der Waals surface area contributed by atoms with Crippen molar-refractivity contribution in [3.8, 4) is 11.1 Å². The van der Waals surface area contributed by atoms with Crippen LogP contribution in [0, 0.1) is 0 Å². The molecule has 0 fully saturated rings. The molecule has 0 aliphatic heterocycles. The summed E-state index contributed by atoms with van der Waals surface area (Å²) in [6.45, 7) is 4.40. The molecule has 20 heavy (non-hydrogen) atoms. The zero-order valence-electron chi connectivity index (χ0n) is 11.9. The van der Waals surface area contributed by atoms with Crippen LogP contribution in [0.25, 0.3) is 21.9 Å². The molecule has 0 unspecified atom stereocenters. The van der Waals surface area contributed by atoms with Crippen molar-refractivity contribution in [1.82, 2.24) is 0 Å². The summed E-state index contributed by atoms with van der Waals surface area (Å²) in [7, 11) is 0. The quantitative estimate of drug-likeness (QED) is 0.629. The van der Waals surface area contributed by atoms with Gasteiger partial charge in [0.05, 0.1) is 0 Å². The molecule has 0 saturated carbocycles. The first-order chi connectivity index (χ1) is 9.66. The van der Waals surface area contributed by atoms with Gasteiger partial charge in [-0.1, -0.05) is 68.4 Å². The Balaban J connectivity index is 2.33. The van der Waals surface area contributed by atoms with E-state index in [1.54, 1.807) is 0 Å². The average Bonchev–Trinajstić information content (AvgIpc) is 2.47. The van der Waals surface area contributed by atoms with E-state index in [1.807, 2.05) is 6.07 Å². The zero-order valence-corrected chi connectivity index (χ0v) is 11.9. The van der Waals surface area contributed by atoms with Gasteiger partial charge in [-0.25, -0.2) is 0 Å². The Morgan fingerprint density at radius 3 is 2.25 bits per heavy atom. The minimum Gasteiger partial charge on any atom is -0.398 e. The van der Waals surface area contributed by atoms with E-state index in [-0.39, 0.29) is 0 Å². The van der Waals surface area contributed by atoms with Gasteiger partial charge in [0.1, 0.15) is 0 Å². The number of hydrogen-bond donors (Lipinski definition) is 1. The lowest BCUT2D eigenvalue weighted by Gasteiger charge is -2.13. The zero-order chi connectivity index (χ0) is 14.1. The maximum absolute atomic E-state index is 6.24. The molecule has 0 radical (unpaired) electrons. The minimum atomic E-state index is 0.477. The molecule has 0 aliphatic rings. The molecule has 0 atom stereocenters. The second-order valence-corrected chi connectivity index (χ2v) is 5.53. The normalized spacial score (nSPS) is 11.2. The maximum Gasteiger partial charge on any atom is 0.0396 e. The van der Waals surface area contributed by atoms with Crippen molar-refractivity contribution in [1.29, 1.82) is 0 Å². The Labute approximate surface area is 120 Å². The fourth-order valence-electron chi connectivity index (χ4n) is 2.64. The number of nitrogens with two attached hydrogens (primary N) is 1. The van der Waals surface area contributed by atoms with E-state index in [0.29, 0.717) is 5.92 Å². The van der Waals surface area contributed by atoms with Gasteiger partial charge >= 0.3 is 0 Å². The lowest BCUT2D eigenvalue weighted by molar-refractivity contribution is 0.869. The monoisotopic (exact) mass is 261 g/mol. The summed E-state index contributed by atoms with van der Waals surface area (Å²) in [6.07, 6.45) is 0. The molecule has 1 nitrogen and oxygen atoms in total. The Hall–Kier alpha value is -2.28. The van der Waals surface area contributed by atoms with Crippen LogP contribution in [0.15, 0.2) is 60.7 Å². The van der Waals surface area contributed by atoms with Gasteiger partial charge in [0.15, 0.2) is 0 Å². The number of rotatable bonds is 2. The van der Waals surface area contributed by atoms with Crippen molar-refractivity contribution in [2.75, 3.05) is 5.73 Å². The molecule has 1 heteroatoms. The number of hydrogen-bond acceptors (Lipinski definition) is 1. The third-order valence-corrected chi connectivity index (χ3v) is 3.80. The molecule has 0 heterocycles. The highest BCUT2D eigenvalue weighted by Crippen LogP contribution is 2.34. The Kier molecular flexibility index (Phi) is 3.19. The van der Waals surface area contributed by atoms with Gasteiger partial charge in [-0.2, -0.15) is 0 Å². The largest absolute Gasteiger partial charge is 0.398 e. The van der Waals surface area contributed by atoms with E-state index in [1.165, 1.54) is 22.1 Å². The average molecular weight is 261 g/mol. The lowest BCUT2D eigenvalue weighted by atomic mass is 9.93. The number of anilines is 1. The lowest BCUT2D eigenvalue weighted by Crippen LogP contribution is -1.94. The van der Waals surface area contributed by atoms with Gasteiger partial charge in [-0.05, 0) is 34.1 Å². The summed E-state index contributed by atoms with van der Waals surface area (Å²) in [6, 6.07) is 21.2. The summed E-state index contributed by atoms with van der Waals surface area (Å²) >= 11 is 0. The van der Waals surface area contributed by atoms with Crippen LogP contribution in [0.3, 0.4) is 0 Å². The van der Waals surface area contributed by atoms with Crippen molar-refractivity contribution < 1.29 is 0 Å². The smallest absolute Gasteiger partial charge is 0.0396 e. The SMILES string of the molecule is CC(C)c1cc(N)c2cccc(-c3ccccc3)c2c1. The van der Waals surface area contributed by atoms with Gasteiger partial charge in [0.25, 0.3) is 0 Å². The highest BCUT2D eigenvalue weighted by atomic mass is 14.6. The van der Waals surface area contributed by atoms with Crippen LogP contribution in [-0.4, -0.2) is 0 Å². The summed E-state index contributed by atoms with van der Waals surface area (Å²) in [4.78, 5) is 0. The number of fused-ring (bicyclic) bond motifs is 1. The van der Waals surface area contributed by atoms with E-state index in [4.69, 9.17) is 5.73 Å². The first-order valence-electron chi connectivity index (χ1n) is 7.04. The first-order valence-corrected chi connectivity index (χ1v) is 7.04. The van der Waals surface area contributed by atoms with E-state index >= 15 is 0 Å². The van der Waals surface area contributed by atoms with Gasteiger partial charge < -0.3 is 5.73 Å². The predicted molar refractivity (Wildman–Crippen MR) is 87.9 cm³/mol. The molecule has 0 aromatic heterocycles. The summed E-state index contributed by atoms with van der Waals surface area (Å²) in [5.41, 5.74) is 10.9. The van der Waals surface area contributed by atoms with Crippen LogP contribution in [0.5, 0.6) is 0 Å². The topological polar surface area (TPSA) is 26.0 Å². The molecule has 3 rings (SSSR count). The first kappa shape index (κ1) is 12.7. The molecule has 0 bridgehead atoms. The Bertz CT molecular complexity index is 742. The Morgan fingerprint density at radius 2 is 1.55 bits per heavy atom. The van der Waals surface area contributed by atoms with Crippen molar-refractivity contribution in [3.63, 3.8) is 0 Å². The number of benzene rings is 3. The molecule has 3 aromatic carbocycles. The molecular formula is C19H19N. The van der Waals surface area contributed by atoms with Gasteiger partial charge in [0, 0.05) is 11.1 Å². The van der Waals surface area contributed by atoms with E-state index in [2.05, 4.69) is 68.4 Å². The van der Waals surface area contributed by atoms with Crippen molar-refractivity contribution in [2.45, 2.75) is 19.8 Å². The minimum absolute atomic E-state index is 0.477. The third-order valence-electron chi connectivity index (χ3n) is 3.80. The summed E-state index contributed by atoms with van der Waals surface area (Å²) in [5, 5.41) is 2.37. The molecule has 2 N–H and O–H groups in total. The molecular weight excluding hydrogens is 242 g/mol. The second-order valence-electron chi connectivity index (χ2n) is 5.53.